The van der Waals surface area contributed by atoms with Gasteiger partial charge in [-0.25, -0.2) is 4.39 Å². The van der Waals surface area contributed by atoms with E-state index in [9.17, 15) is 9.18 Å². The van der Waals surface area contributed by atoms with Gasteiger partial charge < -0.3 is 11.1 Å². The van der Waals surface area contributed by atoms with Crippen molar-refractivity contribution in [3.05, 3.63) is 28.5 Å². The maximum atomic E-state index is 12.7. The van der Waals surface area contributed by atoms with Crippen LogP contribution >= 0.6 is 15.9 Å². The lowest BCUT2D eigenvalue weighted by atomic mass is 10.3. The average molecular weight is 261 g/mol. The minimum absolute atomic E-state index is 0.308. The van der Waals surface area contributed by atoms with Gasteiger partial charge in [-0.15, -0.1) is 0 Å². The summed E-state index contributed by atoms with van der Waals surface area (Å²) in [5, 5.41) is 2.56. The number of amides is 1. The standard InChI is InChI=1S/C9H10BrFN2O/c1-5(12)9(14)13-8-3-2-6(11)4-7(8)10/h2-5H,12H2,1H3,(H,13,14). The molecule has 1 amide bonds. The second-order valence-corrected chi connectivity index (χ2v) is 3.76. The molecule has 3 N–H and O–H groups in total. The van der Waals surface area contributed by atoms with Crippen LogP contribution in [0.2, 0.25) is 0 Å². The Kier molecular flexibility index (Phi) is 3.60. The fourth-order valence-corrected chi connectivity index (χ4v) is 1.29. The van der Waals surface area contributed by atoms with Crippen molar-refractivity contribution in [1.82, 2.24) is 0 Å². The molecule has 76 valence electrons. The molecule has 0 heterocycles. The number of hydrogen-bond donors (Lipinski definition) is 2. The van der Waals surface area contributed by atoms with Crippen molar-refractivity contribution in [2.24, 2.45) is 5.73 Å². The lowest BCUT2D eigenvalue weighted by molar-refractivity contribution is -0.117. The van der Waals surface area contributed by atoms with E-state index in [1.807, 2.05) is 0 Å². The summed E-state index contributed by atoms with van der Waals surface area (Å²) < 4.78 is 13.2. The summed E-state index contributed by atoms with van der Waals surface area (Å²) >= 11 is 3.13. The summed E-state index contributed by atoms with van der Waals surface area (Å²) in [4.78, 5) is 11.2. The molecule has 0 aliphatic carbocycles. The molecule has 14 heavy (non-hydrogen) atoms. The molecule has 0 spiro atoms. The molecular weight excluding hydrogens is 251 g/mol. The van der Waals surface area contributed by atoms with Crippen LogP contribution in [0, 0.1) is 5.82 Å². The van der Waals surface area contributed by atoms with Crippen LogP contribution in [0.4, 0.5) is 10.1 Å². The molecule has 0 bridgehead atoms. The van der Waals surface area contributed by atoms with Crippen molar-refractivity contribution >= 4 is 27.5 Å². The van der Waals surface area contributed by atoms with Gasteiger partial charge in [0.25, 0.3) is 0 Å². The lowest BCUT2D eigenvalue weighted by Crippen LogP contribution is -2.32. The Bertz CT molecular complexity index is 355. The molecule has 1 aromatic carbocycles. The minimum atomic E-state index is -0.591. The molecule has 1 unspecified atom stereocenters. The maximum absolute atomic E-state index is 12.7. The molecule has 3 nitrogen and oxygen atoms in total. The number of benzene rings is 1. The Balaban J connectivity index is 2.82. The third kappa shape index (κ3) is 2.78. The van der Waals surface area contributed by atoms with Gasteiger partial charge in [0.1, 0.15) is 5.82 Å². The van der Waals surface area contributed by atoms with E-state index in [0.717, 1.165) is 0 Å². The number of anilines is 1. The zero-order chi connectivity index (χ0) is 10.7. The van der Waals surface area contributed by atoms with Crippen LogP contribution in [0.25, 0.3) is 0 Å². The second-order valence-electron chi connectivity index (χ2n) is 2.90. The first-order valence-electron chi connectivity index (χ1n) is 4.02. The zero-order valence-corrected chi connectivity index (χ0v) is 9.14. The normalized spacial score (nSPS) is 12.3. The van der Waals surface area contributed by atoms with Crippen molar-refractivity contribution in [1.29, 1.82) is 0 Å². The third-order valence-corrected chi connectivity index (χ3v) is 2.26. The topological polar surface area (TPSA) is 55.1 Å². The monoisotopic (exact) mass is 260 g/mol. The molecule has 0 saturated heterocycles. The summed E-state index contributed by atoms with van der Waals surface area (Å²) in [6, 6.07) is 3.42. The van der Waals surface area contributed by atoms with E-state index in [1.165, 1.54) is 18.2 Å². The van der Waals surface area contributed by atoms with E-state index in [0.29, 0.717) is 10.2 Å². The van der Waals surface area contributed by atoms with Gasteiger partial charge in [0, 0.05) is 4.47 Å². The third-order valence-electron chi connectivity index (χ3n) is 1.60. The van der Waals surface area contributed by atoms with Gasteiger partial charge in [0.05, 0.1) is 11.7 Å². The fraction of sp³-hybridized carbons (Fsp3) is 0.222. The Morgan fingerprint density at radius 3 is 2.79 bits per heavy atom. The Morgan fingerprint density at radius 2 is 2.29 bits per heavy atom. The van der Waals surface area contributed by atoms with Gasteiger partial charge >= 0.3 is 0 Å². The van der Waals surface area contributed by atoms with Crippen LogP contribution in [-0.2, 0) is 4.79 Å². The number of hydrogen-bond acceptors (Lipinski definition) is 2. The van der Waals surface area contributed by atoms with E-state index in [4.69, 9.17) is 5.73 Å². The summed E-state index contributed by atoms with van der Waals surface area (Å²) in [5.41, 5.74) is 5.87. The van der Waals surface area contributed by atoms with Crippen molar-refractivity contribution in [2.75, 3.05) is 5.32 Å². The van der Waals surface area contributed by atoms with Crippen LogP contribution in [-0.4, -0.2) is 11.9 Å². The molecule has 1 atom stereocenters. The quantitative estimate of drug-likeness (QED) is 0.853. The average Bonchev–Trinajstić information content (AvgIpc) is 2.09. The van der Waals surface area contributed by atoms with Crippen LogP contribution in [0.3, 0.4) is 0 Å². The Morgan fingerprint density at radius 1 is 1.64 bits per heavy atom. The lowest BCUT2D eigenvalue weighted by Gasteiger charge is -2.09. The first-order valence-corrected chi connectivity index (χ1v) is 4.81. The van der Waals surface area contributed by atoms with Crippen molar-refractivity contribution < 1.29 is 9.18 Å². The molecule has 0 aliphatic rings. The number of rotatable bonds is 2. The van der Waals surface area contributed by atoms with Crippen molar-refractivity contribution in [3.8, 4) is 0 Å². The number of halogens is 2. The van der Waals surface area contributed by atoms with Crippen molar-refractivity contribution in [3.63, 3.8) is 0 Å². The van der Waals surface area contributed by atoms with Crippen LogP contribution in [0.5, 0.6) is 0 Å². The molecular formula is C9H10BrFN2O. The van der Waals surface area contributed by atoms with Gasteiger partial charge in [0.15, 0.2) is 0 Å². The first kappa shape index (κ1) is 11.1. The number of carbonyl (C=O) groups excluding carboxylic acids is 1. The molecule has 1 rings (SSSR count). The molecule has 0 radical (unpaired) electrons. The summed E-state index contributed by atoms with van der Waals surface area (Å²) in [6.07, 6.45) is 0. The second kappa shape index (κ2) is 4.52. The molecule has 0 aliphatic heterocycles. The molecule has 5 heteroatoms. The van der Waals surface area contributed by atoms with Gasteiger partial charge in [0.2, 0.25) is 5.91 Å². The number of nitrogens with one attached hydrogen (secondary N) is 1. The van der Waals surface area contributed by atoms with Crippen LogP contribution in [0.15, 0.2) is 22.7 Å². The number of carbonyl (C=O) groups is 1. The largest absolute Gasteiger partial charge is 0.324 e. The number of nitrogens with two attached hydrogens (primary N) is 1. The van der Waals surface area contributed by atoms with Crippen LogP contribution < -0.4 is 11.1 Å². The summed E-state index contributed by atoms with van der Waals surface area (Å²) in [5.74, 6) is -0.673. The van der Waals surface area contributed by atoms with E-state index in [2.05, 4.69) is 21.2 Å². The van der Waals surface area contributed by atoms with E-state index in [1.54, 1.807) is 6.92 Å². The van der Waals surface area contributed by atoms with Crippen molar-refractivity contribution in [2.45, 2.75) is 13.0 Å². The fourth-order valence-electron chi connectivity index (χ4n) is 0.837. The Hall–Kier alpha value is -0.940. The first-order chi connectivity index (χ1) is 6.50. The minimum Gasteiger partial charge on any atom is -0.324 e. The van der Waals surface area contributed by atoms with E-state index >= 15 is 0 Å². The summed E-state index contributed by atoms with van der Waals surface area (Å²) in [6.45, 7) is 1.58. The summed E-state index contributed by atoms with van der Waals surface area (Å²) in [7, 11) is 0. The molecule has 0 saturated carbocycles. The highest BCUT2D eigenvalue weighted by atomic mass is 79.9. The molecule has 0 aromatic heterocycles. The maximum Gasteiger partial charge on any atom is 0.241 e. The Labute approximate surface area is 89.6 Å². The van der Waals surface area contributed by atoms with Gasteiger partial charge in [-0.3, -0.25) is 4.79 Å². The highest BCUT2D eigenvalue weighted by Crippen LogP contribution is 2.22. The zero-order valence-electron chi connectivity index (χ0n) is 7.55. The van der Waals surface area contributed by atoms with Gasteiger partial charge in [-0.05, 0) is 41.1 Å². The van der Waals surface area contributed by atoms with E-state index < -0.39 is 6.04 Å². The SMILES string of the molecule is CC(N)C(=O)Nc1ccc(F)cc1Br. The predicted octanol–water partition coefficient (Wildman–Crippen LogP) is 1.87. The van der Waals surface area contributed by atoms with E-state index in [-0.39, 0.29) is 11.7 Å². The molecule has 0 fully saturated rings. The van der Waals surface area contributed by atoms with Gasteiger partial charge in [-0.2, -0.15) is 0 Å². The van der Waals surface area contributed by atoms with Gasteiger partial charge in [-0.1, -0.05) is 0 Å². The predicted molar refractivity (Wildman–Crippen MR) is 56.4 cm³/mol. The van der Waals surface area contributed by atoms with Crippen LogP contribution in [0.1, 0.15) is 6.92 Å². The highest BCUT2D eigenvalue weighted by molar-refractivity contribution is 9.10. The molecule has 1 aromatic rings. The highest BCUT2D eigenvalue weighted by Gasteiger charge is 2.09. The smallest absolute Gasteiger partial charge is 0.241 e.